The summed E-state index contributed by atoms with van der Waals surface area (Å²) in [6.45, 7) is 3.46. The number of carboxylic acid groups (broad SMARTS) is 1. The Labute approximate surface area is 127 Å². The summed E-state index contributed by atoms with van der Waals surface area (Å²) in [4.78, 5) is 12.9. The van der Waals surface area contributed by atoms with Crippen LogP contribution < -0.4 is 0 Å². The number of hydrogen-bond acceptors (Lipinski definition) is 2. The zero-order valence-corrected chi connectivity index (χ0v) is 12.6. The van der Waals surface area contributed by atoms with Gasteiger partial charge in [0.05, 0.1) is 28.6 Å². The third-order valence-electron chi connectivity index (χ3n) is 4.06. The summed E-state index contributed by atoms with van der Waals surface area (Å²) in [6.07, 6.45) is 0.0996. The molecule has 1 aromatic rings. The molecule has 1 aliphatic rings. The summed E-state index contributed by atoms with van der Waals surface area (Å²) in [5.74, 6) is -0.533. The predicted octanol–water partition coefficient (Wildman–Crippen LogP) is 4.21. The van der Waals surface area contributed by atoms with Crippen LogP contribution in [0.4, 0.5) is 9.18 Å². The predicted molar refractivity (Wildman–Crippen MR) is 76.4 cm³/mol. The van der Waals surface area contributed by atoms with Gasteiger partial charge < -0.3 is 5.11 Å². The van der Waals surface area contributed by atoms with Gasteiger partial charge in [0.1, 0.15) is 5.82 Å². The maximum Gasteiger partial charge on any atom is 0.408 e. The highest BCUT2D eigenvalue weighted by Crippen LogP contribution is 2.43. The van der Waals surface area contributed by atoms with Crippen LogP contribution >= 0.6 is 11.6 Å². The van der Waals surface area contributed by atoms with Crippen molar-refractivity contribution in [3.63, 3.8) is 0 Å². The van der Waals surface area contributed by atoms with E-state index in [1.165, 1.54) is 17.0 Å². The van der Waals surface area contributed by atoms with Crippen molar-refractivity contribution >= 4 is 17.7 Å². The zero-order chi connectivity index (χ0) is 15.8. The minimum Gasteiger partial charge on any atom is -0.465 e. The highest BCUT2D eigenvalue weighted by molar-refractivity contribution is 6.30. The molecule has 0 radical (unpaired) electrons. The summed E-state index contributed by atoms with van der Waals surface area (Å²) in [5.41, 5.74) is -0.128. The third kappa shape index (κ3) is 2.81. The van der Waals surface area contributed by atoms with Crippen LogP contribution in [-0.2, 0) is 0 Å². The number of nitriles is 1. The van der Waals surface area contributed by atoms with Gasteiger partial charge in [-0.05, 0) is 44.4 Å². The molecule has 4 nitrogen and oxygen atoms in total. The number of nitrogens with zero attached hydrogens (tertiary/aromatic N) is 2. The van der Waals surface area contributed by atoms with Crippen molar-refractivity contribution in [2.75, 3.05) is 0 Å². The van der Waals surface area contributed by atoms with Gasteiger partial charge in [0, 0.05) is 0 Å². The fourth-order valence-electron chi connectivity index (χ4n) is 2.91. The van der Waals surface area contributed by atoms with E-state index in [-0.39, 0.29) is 5.02 Å². The second-order valence-electron chi connectivity index (χ2n) is 5.81. The van der Waals surface area contributed by atoms with E-state index >= 15 is 0 Å². The zero-order valence-electron chi connectivity index (χ0n) is 11.8. The molecule has 1 fully saturated rings. The first kappa shape index (κ1) is 15.6. The maximum atomic E-state index is 13.3. The van der Waals surface area contributed by atoms with Gasteiger partial charge in [-0.15, -0.1) is 0 Å². The molecule has 0 saturated carbocycles. The van der Waals surface area contributed by atoms with Crippen molar-refractivity contribution in [1.29, 1.82) is 5.26 Å². The fourth-order valence-corrected chi connectivity index (χ4v) is 3.10. The van der Waals surface area contributed by atoms with E-state index in [4.69, 9.17) is 11.6 Å². The molecule has 1 aromatic carbocycles. The van der Waals surface area contributed by atoms with Gasteiger partial charge >= 0.3 is 6.09 Å². The molecular formula is C15H16ClFN2O2. The smallest absolute Gasteiger partial charge is 0.408 e. The van der Waals surface area contributed by atoms with Crippen molar-refractivity contribution in [1.82, 2.24) is 4.90 Å². The van der Waals surface area contributed by atoms with Crippen LogP contribution in [0.3, 0.4) is 0 Å². The van der Waals surface area contributed by atoms with Crippen LogP contribution in [0, 0.1) is 22.6 Å². The Kier molecular flexibility index (Phi) is 4.11. The number of hydrogen-bond donors (Lipinski definition) is 1. The molecule has 6 heteroatoms. The lowest BCUT2D eigenvalue weighted by Gasteiger charge is -2.34. The lowest BCUT2D eigenvalue weighted by Crippen LogP contribution is -2.44. The van der Waals surface area contributed by atoms with Crippen molar-refractivity contribution in [2.45, 2.75) is 38.8 Å². The minimum absolute atomic E-state index is 0.0270. The lowest BCUT2D eigenvalue weighted by atomic mass is 9.85. The maximum absolute atomic E-state index is 13.3. The highest BCUT2D eigenvalue weighted by atomic mass is 35.5. The Hall–Kier alpha value is -1.80. The summed E-state index contributed by atoms with van der Waals surface area (Å²) in [7, 11) is 0. The molecule has 0 aromatic heterocycles. The monoisotopic (exact) mass is 310 g/mol. The van der Waals surface area contributed by atoms with Crippen molar-refractivity contribution in [3.05, 3.63) is 34.6 Å². The summed E-state index contributed by atoms with van der Waals surface area (Å²) in [5, 5.41) is 18.7. The number of likely N-dealkylation sites (tertiary alicyclic amines) is 1. The fraction of sp³-hybridized carbons (Fsp3) is 0.467. The van der Waals surface area contributed by atoms with E-state index in [0.29, 0.717) is 18.4 Å². The Morgan fingerprint density at radius 3 is 2.71 bits per heavy atom. The molecular weight excluding hydrogens is 295 g/mol. The van der Waals surface area contributed by atoms with Gasteiger partial charge in [-0.25, -0.2) is 9.18 Å². The molecule has 0 unspecified atom stereocenters. The molecule has 1 saturated heterocycles. The van der Waals surface area contributed by atoms with E-state index in [2.05, 4.69) is 6.07 Å². The van der Waals surface area contributed by atoms with Crippen LogP contribution in [-0.4, -0.2) is 22.1 Å². The van der Waals surface area contributed by atoms with E-state index < -0.39 is 29.4 Å². The number of halogens is 2. The number of benzene rings is 1. The molecule has 2 atom stereocenters. The SMILES string of the molecule is CC(C)(C#N)[C@H]1CC[C@@H](c2ccc(F)c(Cl)c2)N1C(=O)O. The molecule has 1 N–H and O–H groups in total. The van der Waals surface area contributed by atoms with E-state index in [0.717, 1.165) is 0 Å². The average Bonchev–Trinajstić information content (AvgIpc) is 2.87. The Bertz CT molecular complexity index is 612. The first-order valence-electron chi connectivity index (χ1n) is 6.65. The van der Waals surface area contributed by atoms with Crippen LogP contribution in [0.25, 0.3) is 0 Å². The highest BCUT2D eigenvalue weighted by Gasteiger charge is 2.45. The largest absolute Gasteiger partial charge is 0.465 e. The van der Waals surface area contributed by atoms with Crippen LogP contribution in [0.5, 0.6) is 0 Å². The number of amides is 1. The van der Waals surface area contributed by atoms with Gasteiger partial charge in [-0.1, -0.05) is 17.7 Å². The quantitative estimate of drug-likeness (QED) is 0.889. The number of carbonyl (C=O) groups is 1. The van der Waals surface area contributed by atoms with Crippen LogP contribution in [0.15, 0.2) is 18.2 Å². The minimum atomic E-state index is -1.08. The van der Waals surface area contributed by atoms with Crippen LogP contribution in [0.2, 0.25) is 5.02 Å². The third-order valence-corrected chi connectivity index (χ3v) is 4.35. The van der Waals surface area contributed by atoms with Crippen molar-refractivity contribution < 1.29 is 14.3 Å². The molecule has 1 amide bonds. The normalized spacial score (nSPS) is 22.1. The molecule has 21 heavy (non-hydrogen) atoms. The number of rotatable bonds is 2. The first-order valence-corrected chi connectivity index (χ1v) is 7.03. The molecule has 0 spiro atoms. The molecule has 112 valence electrons. The van der Waals surface area contributed by atoms with Gasteiger partial charge in [-0.3, -0.25) is 4.90 Å². The van der Waals surface area contributed by atoms with Gasteiger partial charge in [0.15, 0.2) is 0 Å². The van der Waals surface area contributed by atoms with Crippen molar-refractivity contribution in [2.24, 2.45) is 5.41 Å². The topological polar surface area (TPSA) is 64.3 Å². The molecule has 2 rings (SSSR count). The summed E-state index contributed by atoms with van der Waals surface area (Å²) >= 11 is 5.78. The Balaban J connectivity index is 2.39. The summed E-state index contributed by atoms with van der Waals surface area (Å²) in [6, 6.07) is 5.61. The Morgan fingerprint density at radius 1 is 1.52 bits per heavy atom. The first-order chi connectivity index (χ1) is 9.77. The second kappa shape index (κ2) is 5.53. The molecule has 0 bridgehead atoms. The summed E-state index contributed by atoms with van der Waals surface area (Å²) < 4.78 is 13.3. The van der Waals surface area contributed by atoms with E-state index in [9.17, 15) is 19.6 Å². The van der Waals surface area contributed by atoms with E-state index in [1.54, 1.807) is 19.9 Å². The molecule has 1 heterocycles. The second-order valence-corrected chi connectivity index (χ2v) is 6.21. The van der Waals surface area contributed by atoms with Gasteiger partial charge in [0.25, 0.3) is 0 Å². The standard InChI is InChI=1S/C15H16ClFN2O2/c1-15(2,8-18)13-6-5-12(19(13)14(20)21)9-3-4-11(17)10(16)7-9/h3-4,7,12-13H,5-6H2,1-2H3,(H,20,21)/t12-,13+/m0/s1. The molecule has 0 aliphatic carbocycles. The lowest BCUT2D eigenvalue weighted by molar-refractivity contribution is 0.0971. The van der Waals surface area contributed by atoms with Gasteiger partial charge in [0.2, 0.25) is 0 Å². The molecule has 1 aliphatic heterocycles. The van der Waals surface area contributed by atoms with Crippen molar-refractivity contribution in [3.8, 4) is 6.07 Å². The average molecular weight is 311 g/mol. The van der Waals surface area contributed by atoms with Gasteiger partial charge in [-0.2, -0.15) is 5.26 Å². The Morgan fingerprint density at radius 2 is 2.19 bits per heavy atom. The van der Waals surface area contributed by atoms with E-state index in [1.807, 2.05) is 0 Å². The van der Waals surface area contributed by atoms with Crippen LogP contribution in [0.1, 0.15) is 38.3 Å².